The van der Waals surface area contributed by atoms with Crippen LogP contribution in [0.4, 0.5) is 17.1 Å². The van der Waals surface area contributed by atoms with Crippen LogP contribution in [0.3, 0.4) is 0 Å². The van der Waals surface area contributed by atoms with E-state index in [2.05, 4.69) is 243 Å². The van der Waals surface area contributed by atoms with Crippen molar-refractivity contribution in [3.63, 3.8) is 0 Å². The Labute approximate surface area is 364 Å². The molecule has 290 valence electrons. The first-order valence-electron chi connectivity index (χ1n) is 21.3. The highest BCUT2D eigenvalue weighted by Gasteiger charge is 2.57. The molecule has 1 spiro atoms. The maximum atomic E-state index is 2.57. The van der Waals surface area contributed by atoms with E-state index in [1.807, 2.05) is 11.8 Å². The third-order valence-corrected chi connectivity index (χ3v) is 19.9. The number of hydrogen-bond acceptors (Lipinski definition) is 2. The highest BCUT2D eigenvalue weighted by molar-refractivity contribution is 7.99. The van der Waals surface area contributed by atoms with E-state index in [1.54, 1.807) is 0 Å². The number of rotatable bonds is 4. The lowest BCUT2D eigenvalue weighted by molar-refractivity contribution is 0.632. The Morgan fingerprint density at radius 1 is 0.377 bits per heavy atom. The smallest absolute Gasteiger partial charge is 0.180 e. The molecular weight excluding hydrogens is 771 g/mol. The van der Waals surface area contributed by atoms with Crippen molar-refractivity contribution in [2.24, 2.45) is 0 Å². The van der Waals surface area contributed by atoms with Crippen molar-refractivity contribution in [1.82, 2.24) is 0 Å². The molecule has 9 aromatic rings. The number of para-hydroxylation sites is 2. The molecule has 0 amide bonds. The van der Waals surface area contributed by atoms with Crippen LogP contribution in [-0.2, 0) is 10.8 Å². The zero-order valence-corrected chi connectivity index (χ0v) is 36.0. The van der Waals surface area contributed by atoms with Crippen molar-refractivity contribution in [2.45, 2.75) is 34.5 Å². The zero-order chi connectivity index (χ0) is 40.8. The molecule has 0 bridgehead atoms. The van der Waals surface area contributed by atoms with Gasteiger partial charge in [-0.05, 0) is 108 Å². The Bertz CT molecular complexity index is 3020. The number of anilines is 3. The van der Waals surface area contributed by atoms with Crippen molar-refractivity contribution >= 4 is 57.6 Å². The Balaban J connectivity index is 1.13. The minimum atomic E-state index is -2.88. The second-order valence-electron chi connectivity index (χ2n) is 17.2. The summed E-state index contributed by atoms with van der Waals surface area (Å²) < 4.78 is 0. The van der Waals surface area contributed by atoms with Crippen LogP contribution in [0.25, 0.3) is 11.1 Å². The van der Waals surface area contributed by atoms with Crippen molar-refractivity contribution in [3.05, 3.63) is 258 Å². The molecule has 0 saturated carbocycles. The lowest BCUT2D eigenvalue weighted by Gasteiger charge is -2.51. The third kappa shape index (κ3) is 5.02. The maximum Gasteiger partial charge on any atom is 0.180 e. The van der Waals surface area contributed by atoms with Gasteiger partial charge in [-0.3, -0.25) is 0 Å². The molecule has 0 aromatic heterocycles. The molecule has 0 N–H and O–H groups in total. The Morgan fingerprint density at radius 2 is 0.820 bits per heavy atom. The Kier molecular flexibility index (Phi) is 8.13. The lowest BCUT2D eigenvalue weighted by Crippen LogP contribution is -2.79. The second kappa shape index (κ2) is 13.7. The fourth-order valence-corrected chi connectivity index (χ4v) is 17.7. The minimum absolute atomic E-state index is 0.103. The van der Waals surface area contributed by atoms with Gasteiger partial charge in [0, 0.05) is 20.9 Å². The summed E-state index contributed by atoms with van der Waals surface area (Å²) in [7, 11) is -2.88. The van der Waals surface area contributed by atoms with Crippen LogP contribution in [-0.4, -0.2) is 8.07 Å². The Hall–Kier alpha value is -6.65. The molecule has 3 aliphatic heterocycles. The number of benzene rings is 9. The van der Waals surface area contributed by atoms with E-state index in [0.29, 0.717) is 0 Å². The van der Waals surface area contributed by atoms with Gasteiger partial charge >= 0.3 is 0 Å². The summed E-state index contributed by atoms with van der Waals surface area (Å²) in [4.78, 5) is 5.08. The van der Waals surface area contributed by atoms with E-state index < -0.39 is 13.5 Å². The van der Waals surface area contributed by atoms with Crippen molar-refractivity contribution in [1.29, 1.82) is 0 Å². The van der Waals surface area contributed by atoms with Crippen LogP contribution in [0.5, 0.6) is 0 Å². The van der Waals surface area contributed by atoms with Gasteiger partial charge in [0.15, 0.2) is 8.07 Å². The molecule has 12 rings (SSSR count). The molecule has 0 aliphatic carbocycles. The summed E-state index contributed by atoms with van der Waals surface area (Å²) in [5.41, 5.74) is 13.6. The normalized spacial score (nSPS) is 15.7. The monoisotopic (exact) mass is 813 g/mol. The predicted molar refractivity (Wildman–Crippen MR) is 258 cm³/mol. The van der Waals surface area contributed by atoms with Crippen molar-refractivity contribution < 1.29 is 0 Å². The van der Waals surface area contributed by atoms with Crippen molar-refractivity contribution in [3.8, 4) is 11.1 Å². The van der Waals surface area contributed by atoms with Gasteiger partial charge in [0.25, 0.3) is 0 Å². The largest absolute Gasteiger partial charge is 0.310 e. The molecule has 0 radical (unpaired) electrons. The molecule has 3 heterocycles. The molecule has 3 aliphatic rings. The first-order valence-corrected chi connectivity index (χ1v) is 24.2. The Morgan fingerprint density at radius 3 is 1.39 bits per heavy atom. The van der Waals surface area contributed by atoms with E-state index in [1.165, 1.54) is 86.4 Å². The van der Waals surface area contributed by atoms with Crippen LogP contribution in [0.2, 0.25) is 0 Å². The van der Waals surface area contributed by atoms with Gasteiger partial charge in [0.2, 0.25) is 0 Å². The number of fused-ring (bicyclic) bond motifs is 10. The SMILES string of the molecule is CC1(C)c2ccccc2N(c2ccc(-c3ccc4c(c3)C3(c5ccccc5Sc5ccccc53)c3ccccc3[Si]4(c3ccccc3)c3ccccc3)cc2)c2ccccc21. The highest BCUT2D eigenvalue weighted by Crippen LogP contribution is 2.57. The van der Waals surface area contributed by atoms with E-state index in [0.717, 1.165) is 5.69 Å². The van der Waals surface area contributed by atoms with E-state index in [-0.39, 0.29) is 5.41 Å². The van der Waals surface area contributed by atoms with Gasteiger partial charge in [-0.2, -0.15) is 0 Å². The van der Waals surface area contributed by atoms with Gasteiger partial charge in [0.05, 0.1) is 16.8 Å². The number of nitrogens with zero attached hydrogens (tertiary/aromatic N) is 1. The van der Waals surface area contributed by atoms with Crippen LogP contribution in [0.1, 0.15) is 47.2 Å². The first kappa shape index (κ1) is 36.2. The van der Waals surface area contributed by atoms with Gasteiger partial charge in [-0.1, -0.05) is 208 Å². The molecule has 0 saturated heterocycles. The second-order valence-corrected chi connectivity index (χ2v) is 22.0. The summed E-state index contributed by atoms with van der Waals surface area (Å²) in [6.07, 6.45) is 0. The molecule has 3 heteroatoms. The van der Waals surface area contributed by atoms with Crippen LogP contribution >= 0.6 is 11.8 Å². The van der Waals surface area contributed by atoms with E-state index in [4.69, 9.17) is 0 Å². The summed E-state index contributed by atoms with van der Waals surface area (Å²) >= 11 is 1.90. The summed E-state index contributed by atoms with van der Waals surface area (Å²) in [6, 6.07) is 85.2. The average molecular weight is 814 g/mol. The minimum Gasteiger partial charge on any atom is -0.310 e. The van der Waals surface area contributed by atoms with E-state index in [9.17, 15) is 0 Å². The third-order valence-electron chi connectivity index (χ3n) is 13.9. The zero-order valence-electron chi connectivity index (χ0n) is 34.2. The molecule has 1 nitrogen and oxygen atoms in total. The first-order chi connectivity index (χ1) is 30.0. The van der Waals surface area contributed by atoms with Crippen molar-refractivity contribution in [2.75, 3.05) is 4.90 Å². The molecule has 0 atom stereocenters. The van der Waals surface area contributed by atoms with Crippen LogP contribution in [0.15, 0.2) is 234 Å². The molecule has 61 heavy (non-hydrogen) atoms. The molecular formula is C58H43NSSi. The standard InChI is InChI=1S/C58H43NSSi/c1-57(2)45-23-9-14-28-51(45)59(52-29-15-10-24-46(52)57)42-36-33-40(34-37-42)41-35-38-56-50(39-41)58(47-25-11-16-30-53(47)60-54-31-17-12-26-48(54)58)49-27-13-18-32-55(49)61(56,43-19-5-3-6-20-43)44-21-7-4-8-22-44/h3-39H,1-2H3. The summed E-state index contributed by atoms with van der Waals surface area (Å²) in [6.45, 7) is 4.70. The fourth-order valence-electron chi connectivity index (χ4n) is 11.3. The van der Waals surface area contributed by atoms with Gasteiger partial charge in [-0.25, -0.2) is 0 Å². The average Bonchev–Trinajstić information content (AvgIpc) is 3.32. The highest BCUT2D eigenvalue weighted by atomic mass is 32.2. The predicted octanol–water partition coefficient (Wildman–Crippen LogP) is 12.0. The van der Waals surface area contributed by atoms with Gasteiger partial charge < -0.3 is 4.90 Å². The molecule has 9 aromatic carbocycles. The fraction of sp³-hybridized carbons (Fsp3) is 0.0690. The lowest BCUT2D eigenvalue weighted by atomic mass is 9.64. The van der Waals surface area contributed by atoms with Crippen LogP contribution < -0.4 is 25.6 Å². The van der Waals surface area contributed by atoms with Gasteiger partial charge in [0.1, 0.15) is 0 Å². The van der Waals surface area contributed by atoms with Crippen LogP contribution in [0, 0.1) is 0 Å². The number of hydrogen-bond donors (Lipinski definition) is 0. The maximum absolute atomic E-state index is 2.88. The summed E-state index contributed by atoms with van der Waals surface area (Å²) in [5.74, 6) is 0. The van der Waals surface area contributed by atoms with Gasteiger partial charge in [-0.15, -0.1) is 0 Å². The topological polar surface area (TPSA) is 3.24 Å². The summed E-state index contributed by atoms with van der Waals surface area (Å²) in [5, 5.41) is 5.71. The quantitative estimate of drug-likeness (QED) is 0.163. The molecule has 0 unspecified atom stereocenters. The van der Waals surface area contributed by atoms with E-state index >= 15 is 0 Å². The molecule has 0 fully saturated rings.